The number of halogens is 4. The van der Waals surface area contributed by atoms with Crippen LogP contribution in [0.15, 0.2) is 94.1 Å². The molecule has 0 saturated heterocycles. The van der Waals surface area contributed by atoms with Gasteiger partial charge in [0.1, 0.15) is 22.8 Å². The Balaban J connectivity index is 1.34. The van der Waals surface area contributed by atoms with Gasteiger partial charge in [-0.1, -0.05) is 54.1 Å². The predicted molar refractivity (Wildman–Crippen MR) is 143 cm³/mol. The van der Waals surface area contributed by atoms with Crippen LogP contribution < -0.4 is 19.6 Å². The fourth-order valence-corrected chi connectivity index (χ4v) is 4.18. The molecule has 0 aliphatic heterocycles. The number of hydrogen-bond acceptors (Lipinski definition) is 6. The summed E-state index contributed by atoms with van der Waals surface area (Å²) in [7, 11) is 0. The van der Waals surface area contributed by atoms with Crippen molar-refractivity contribution in [2.24, 2.45) is 0 Å². The highest BCUT2D eigenvalue weighted by Gasteiger charge is 2.40. The zero-order valence-corrected chi connectivity index (χ0v) is 21.4. The van der Waals surface area contributed by atoms with Crippen LogP contribution in [0.3, 0.4) is 0 Å². The normalized spacial score (nSPS) is 11.5. The first-order valence-electron chi connectivity index (χ1n) is 12.1. The molecule has 10 heteroatoms. The molecule has 5 rings (SSSR count). The van der Waals surface area contributed by atoms with Crippen LogP contribution in [0.4, 0.5) is 13.2 Å². The van der Waals surface area contributed by atoms with Crippen LogP contribution >= 0.6 is 11.6 Å². The van der Waals surface area contributed by atoms with Gasteiger partial charge in [-0.15, -0.1) is 0 Å². The number of alkyl halides is 3. The molecule has 0 saturated carbocycles. The standard InChI is InChI=1S/C30H20ClF3O6/c31-23-8-3-4-9-24(23)37-15-5-10-26(35)38-21-13-14-22-25(17-21)40-29(30(32,33)34)28(27(22)36)39-20-12-11-18-6-1-2-7-19(18)16-20/h1-4,6-9,11-14,16-17H,5,10,15H2. The van der Waals surface area contributed by atoms with Gasteiger partial charge in [0.2, 0.25) is 11.2 Å². The van der Waals surface area contributed by atoms with Crippen molar-refractivity contribution in [1.29, 1.82) is 0 Å². The van der Waals surface area contributed by atoms with Crippen LogP contribution in [0, 0.1) is 0 Å². The third-order valence-corrected chi connectivity index (χ3v) is 6.18. The molecule has 4 aromatic carbocycles. The van der Waals surface area contributed by atoms with Crippen molar-refractivity contribution in [1.82, 2.24) is 0 Å². The minimum Gasteiger partial charge on any atom is -0.492 e. The summed E-state index contributed by atoms with van der Waals surface area (Å²) in [6.07, 6.45) is -4.76. The van der Waals surface area contributed by atoms with E-state index in [2.05, 4.69) is 0 Å². The first kappa shape index (κ1) is 27.1. The number of ether oxygens (including phenoxy) is 3. The van der Waals surface area contributed by atoms with Crippen LogP contribution in [0.1, 0.15) is 18.6 Å². The monoisotopic (exact) mass is 568 g/mol. The van der Waals surface area contributed by atoms with E-state index >= 15 is 0 Å². The van der Waals surface area contributed by atoms with Crippen LogP contribution in [0.25, 0.3) is 21.7 Å². The molecule has 1 aromatic heterocycles. The average molecular weight is 569 g/mol. The molecule has 0 atom stereocenters. The van der Waals surface area contributed by atoms with Crippen molar-refractivity contribution < 1.29 is 36.6 Å². The highest BCUT2D eigenvalue weighted by Crippen LogP contribution is 2.39. The van der Waals surface area contributed by atoms with E-state index in [0.717, 1.165) is 16.8 Å². The summed E-state index contributed by atoms with van der Waals surface area (Å²) in [4.78, 5) is 25.4. The summed E-state index contributed by atoms with van der Waals surface area (Å²) in [6.45, 7) is 0.195. The van der Waals surface area contributed by atoms with Gasteiger partial charge in [0, 0.05) is 12.5 Å². The van der Waals surface area contributed by atoms with Crippen molar-refractivity contribution in [3.8, 4) is 23.0 Å². The summed E-state index contributed by atoms with van der Waals surface area (Å²) in [5.41, 5.74) is -1.42. The second-order valence-electron chi connectivity index (χ2n) is 8.71. The number of carbonyl (C=O) groups is 1. The summed E-state index contributed by atoms with van der Waals surface area (Å²) >= 11 is 6.02. The van der Waals surface area contributed by atoms with Crippen molar-refractivity contribution >= 4 is 39.3 Å². The van der Waals surface area contributed by atoms with Gasteiger partial charge in [0.15, 0.2) is 0 Å². The zero-order chi connectivity index (χ0) is 28.3. The molecule has 0 aliphatic rings. The number of esters is 1. The number of rotatable bonds is 8. The second kappa shape index (κ2) is 11.3. The Morgan fingerprint density at radius 1 is 0.875 bits per heavy atom. The number of carbonyl (C=O) groups excluding carboxylic acids is 1. The quantitative estimate of drug-likeness (QED) is 0.107. The van der Waals surface area contributed by atoms with Gasteiger partial charge in [-0.3, -0.25) is 9.59 Å². The van der Waals surface area contributed by atoms with Gasteiger partial charge in [0.05, 0.1) is 17.0 Å². The SMILES string of the molecule is O=C(CCCOc1ccccc1Cl)Oc1ccc2c(=O)c(Oc3ccc4ccccc4c3)c(C(F)(F)F)oc2c1. The van der Waals surface area contributed by atoms with Gasteiger partial charge >= 0.3 is 12.1 Å². The lowest BCUT2D eigenvalue weighted by Gasteiger charge is -2.14. The lowest BCUT2D eigenvalue weighted by molar-refractivity contribution is -0.154. The van der Waals surface area contributed by atoms with Gasteiger partial charge in [-0.25, -0.2) is 0 Å². The lowest BCUT2D eigenvalue weighted by Crippen LogP contribution is -2.15. The molecule has 1 heterocycles. The first-order chi connectivity index (χ1) is 19.2. The first-order valence-corrected chi connectivity index (χ1v) is 12.5. The Kier molecular flexibility index (Phi) is 7.66. The molecular formula is C30H20ClF3O6. The molecule has 0 unspecified atom stereocenters. The molecule has 40 heavy (non-hydrogen) atoms. The second-order valence-corrected chi connectivity index (χ2v) is 9.12. The van der Waals surface area contributed by atoms with Crippen molar-refractivity contribution in [3.63, 3.8) is 0 Å². The van der Waals surface area contributed by atoms with E-state index in [1.807, 2.05) is 12.1 Å². The van der Waals surface area contributed by atoms with Gasteiger partial charge in [0.25, 0.3) is 5.76 Å². The minimum atomic E-state index is -5.03. The van der Waals surface area contributed by atoms with E-state index in [1.54, 1.807) is 42.5 Å². The Labute approximate surface area is 230 Å². The van der Waals surface area contributed by atoms with Crippen molar-refractivity contribution in [3.05, 3.63) is 106 Å². The highest BCUT2D eigenvalue weighted by molar-refractivity contribution is 6.32. The molecule has 0 aliphatic carbocycles. The summed E-state index contributed by atoms with van der Waals surface area (Å²) in [5, 5.41) is 1.84. The van der Waals surface area contributed by atoms with E-state index in [1.165, 1.54) is 24.3 Å². The Hall–Kier alpha value is -4.50. The van der Waals surface area contributed by atoms with Crippen LogP contribution in [-0.4, -0.2) is 12.6 Å². The van der Waals surface area contributed by atoms with Gasteiger partial charge in [-0.05, 0) is 53.6 Å². The summed E-state index contributed by atoms with van der Waals surface area (Å²) < 4.78 is 63.1. The smallest absolute Gasteiger partial charge is 0.453 e. The van der Waals surface area contributed by atoms with E-state index < -0.39 is 34.7 Å². The van der Waals surface area contributed by atoms with Gasteiger partial charge in [-0.2, -0.15) is 13.2 Å². The molecular weight excluding hydrogens is 549 g/mol. The Morgan fingerprint density at radius 3 is 2.38 bits per heavy atom. The molecule has 0 N–H and O–H groups in total. The number of hydrogen-bond donors (Lipinski definition) is 0. The minimum absolute atomic E-state index is 0.0290. The lowest BCUT2D eigenvalue weighted by atomic mass is 10.1. The maximum Gasteiger partial charge on any atom is 0.453 e. The highest BCUT2D eigenvalue weighted by atomic mass is 35.5. The van der Waals surface area contributed by atoms with Crippen LogP contribution in [0.2, 0.25) is 5.02 Å². The fourth-order valence-electron chi connectivity index (χ4n) is 3.99. The predicted octanol–water partition coefficient (Wildman–Crippen LogP) is 8.18. The Morgan fingerprint density at radius 2 is 1.60 bits per heavy atom. The van der Waals surface area contributed by atoms with Crippen LogP contribution in [-0.2, 0) is 11.0 Å². The third-order valence-electron chi connectivity index (χ3n) is 5.87. The largest absolute Gasteiger partial charge is 0.492 e. The molecule has 0 radical (unpaired) electrons. The summed E-state index contributed by atoms with van der Waals surface area (Å²) in [5.74, 6) is -2.79. The molecule has 6 nitrogen and oxygen atoms in total. The van der Waals surface area contributed by atoms with Crippen molar-refractivity contribution in [2.75, 3.05) is 6.61 Å². The third kappa shape index (κ3) is 6.05. The fraction of sp³-hybridized carbons (Fsp3) is 0.133. The van der Waals surface area contributed by atoms with E-state index in [9.17, 15) is 22.8 Å². The summed E-state index contributed by atoms with van der Waals surface area (Å²) in [6, 6.07) is 22.3. The van der Waals surface area contributed by atoms with E-state index in [-0.39, 0.29) is 29.9 Å². The molecule has 0 spiro atoms. The number of fused-ring (bicyclic) bond motifs is 2. The molecule has 5 aromatic rings. The maximum absolute atomic E-state index is 13.9. The number of benzene rings is 4. The molecule has 0 amide bonds. The van der Waals surface area contributed by atoms with Gasteiger partial charge < -0.3 is 18.6 Å². The van der Waals surface area contributed by atoms with E-state index in [0.29, 0.717) is 17.2 Å². The topological polar surface area (TPSA) is 75.0 Å². The number of para-hydroxylation sites is 1. The van der Waals surface area contributed by atoms with Crippen LogP contribution in [0.5, 0.6) is 23.0 Å². The van der Waals surface area contributed by atoms with Crippen molar-refractivity contribution in [2.45, 2.75) is 19.0 Å². The molecule has 204 valence electrons. The maximum atomic E-state index is 13.9. The molecule has 0 fully saturated rings. The van der Waals surface area contributed by atoms with E-state index in [4.69, 9.17) is 30.2 Å². The molecule has 0 bridgehead atoms. The Bertz CT molecular complexity index is 1760. The average Bonchev–Trinajstić information content (AvgIpc) is 2.92. The zero-order valence-electron chi connectivity index (χ0n) is 20.7.